The van der Waals surface area contributed by atoms with E-state index < -0.39 is 0 Å². The number of hydrogen-bond acceptors (Lipinski definition) is 4. The summed E-state index contributed by atoms with van der Waals surface area (Å²) < 4.78 is 5.03. The summed E-state index contributed by atoms with van der Waals surface area (Å²) in [5.74, 6) is 0.166. The van der Waals surface area contributed by atoms with Crippen LogP contribution in [0.15, 0.2) is 0 Å². The van der Waals surface area contributed by atoms with Crippen LogP contribution in [-0.2, 0) is 9.53 Å². The van der Waals surface area contributed by atoms with Gasteiger partial charge in [-0.15, -0.1) is 0 Å². The predicted molar refractivity (Wildman–Crippen MR) is 77.3 cm³/mol. The molecule has 1 unspecified atom stereocenters. The van der Waals surface area contributed by atoms with E-state index in [1.165, 1.54) is 19.3 Å². The summed E-state index contributed by atoms with van der Waals surface area (Å²) in [7, 11) is 1.72. The highest BCUT2D eigenvalue weighted by molar-refractivity contribution is 5.75. The van der Waals surface area contributed by atoms with E-state index in [-0.39, 0.29) is 5.91 Å². The maximum atomic E-state index is 11.5. The fourth-order valence-electron chi connectivity index (χ4n) is 2.56. The fourth-order valence-corrected chi connectivity index (χ4v) is 2.56. The van der Waals surface area contributed by atoms with E-state index in [0.717, 1.165) is 39.3 Å². The lowest BCUT2D eigenvalue weighted by Gasteiger charge is -2.35. The molecule has 5 heteroatoms. The number of rotatable bonds is 9. The Bertz CT molecular complexity index is 249. The van der Waals surface area contributed by atoms with Crippen LogP contribution in [0.4, 0.5) is 0 Å². The molecule has 0 bridgehead atoms. The molecule has 5 nitrogen and oxygen atoms in total. The number of methoxy groups -OCH3 is 1. The van der Waals surface area contributed by atoms with E-state index >= 15 is 0 Å². The Morgan fingerprint density at radius 2 is 2.26 bits per heavy atom. The molecule has 0 aromatic heterocycles. The summed E-state index contributed by atoms with van der Waals surface area (Å²) in [5.41, 5.74) is 0. The molecule has 1 saturated heterocycles. The van der Waals surface area contributed by atoms with Crippen LogP contribution in [0.1, 0.15) is 32.6 Å². The Morgan fingerprint density at radius 1 is 1.42 bits per heavy atom. The van der Waals surface area contributed by atoms with Gasteiger partial charge in [0.1, 0.15) is 0 Å². The van der Waals surface area contributed by atoms with Gasteiger partial charge >= 0.3 is 0 Å². The monoisotopic (exact) mass is 271 g/mol. The quantitative estimate of drug-likeness (QED) is 0.603. The van der Waals surface area contributed by atoms with Gasteiger partial charge < -0.3 is 15.4 Å². The van der Waals surface area contributed by atoms with Gasteiger partial charge in [-0.2, -0.15) is 0 Å². The van der Waals surface area contributed by atoms with Crippen LogP contribution >= 0.6 is 0 Å². The van der Waals surface area contributed by atoms with Crippen molar-refractivity contribution in [1.82, 2.24) is 15.5 Å². The topological polar surface area (TPSA) is 53.6 Å². The predicted octanol–water partition coefficient (Wildman–Crippen LogP) is 0.603. The number of amides is 1. The smallest absolute Gasteiger partial charge is 0.221 e. The molecule has 0 aromatic carbocycles. The van der Waals surface area contributed by atoms with Crippen LogP contribution in [0.3, 0.4) is 0 Å². The molecule has 19 heavy (non-hydrogen) atoms. The maximum Gasteiger partial charge on any atom is 0.221 e. The summed E-state index contributed by atoms with van der Waals surface area (Å²) >= 11 is 0. The van der Waals surface area contributed by atoms with Gasteiger partial charge in [-0.05, 0) is 26.3 Å². The van der Waals surface area contributed by atoms with Crippen LogP contribution in [0.5, 0.6) is 0 Å². The first-order valence-corrected chi connectivity index (χ1v) is 7.48. The lowest BCUT2D eigenvalue weighted by atomic mass is 10.0. The number of ether oxygens (including phenoxy) is 1. The molecule has 1 rings (SSSR count). The first-order valence-electron chi connectivity index (χ1n) is 7.48. The molecular formula is C14H29N3O2. The van der Waals surface area contributed by atoms with Gasteiger partial charge in [0.25, 0.3) is 0 Å². The SMILES string of the molecule is CCNC(=O)CCN1CCCCC1CNCCOC. The Kier molecular flexibility index (Phi) is 8.79. The third kappa shape index (κ3) is 6.89. The third-order valence-electron chi connectivity index (χ3n) is 3.61. The number of carbonyl (C=O) groups is 1. The number of nitrogens with one attached hydrogen (secondary N) is 2. The van der Waals surface area contributed by atoms with Gasteiger partial charge in [0.2, 0.25) is 5.91 Å². The zero-order valence-electron chi connectivity index (χ0n) is 12.4. The number of piperidine rings is 1. The molecule has 0 saturated carbocycles. The molecule has 0 aromatic rings. The minimum absolute atomic E-state index is 0.166. The molecule has 2 N–H and O–H groups in total. The average Bonchev–Trinajstić information content (AvgIpc) is 2.43. The number of likely N-dealkylation sites (tertiary alicyclic amines) is 1. The van der Waals surface area contributed by atoms with Gasteiger partial charge in [0.15, 0.2) is 0 Å². The molecular weight excluding hydrogens is 242 g/mol. The highest BCUT2D eigenvalue weighted by Gasteiger charge is 2.22. The Balaban J connectivity index is 2.25. The van der Waals surface area contributed by atoms with Gasteiger partial charge in [0, 0.05) is 45.8 Å². The van der Waals surface area contributed by atoms with Crippen molar-refractivity contribution in [3.8, 4) is 0 Å². The lowest BCUT2D eigenvalue weighted by Crippen LogP contribution is -2.47. The normalized spacial score (nSPS) is 20.4. The van der Waals surface area contributed by atoms with E-state index in [1.54, 1.807) is 7.11 Å². The molecule has 0 radical (unpaired) electrons. The molecule has 1 heterocycles. The first-order chi connectivity index (χ1) is 9.27. The van der Waals surface area contributed by atoms with Crippen LogP contribution in [0.2, 0.25) is 0 Å². The van der Waals surface area contributed by atoms with Crippen LogP contribution in [0.25, 0.3) is 0 Å². The maximum absolute atomic E-state index is 11.5. The number of hydrogen-bond donors (Lipinski definition) is 2. The van der Waals surface area contributed by atoms with Crippen molar-refractivity contribution in [3.63, 3.8) is 0 Å². The summed E-state index contributed by atoms with van der Waals surface area (Å²) in [6.45, 7) is 7.34. The molecule has 1 amide bonds. The molecule has 1 atom stereocenters. The lowest BCUT2D eigenvalue weighted by molar-refractivity contribution is -0.121. The van der Waals surface area contributed by atoms with Crippen molar-refractivity contribution in [2.45, 2.75) is 38.6 Å². The van der Waals surface area contributed by atoms with Crippen LogP contribution < -0.4 is 10.6 Å². The zero-order chi connectivity index (χ0) is 13.9. The summed E-state index contributed by atoms with van der Waals surface area (Å²) in [5, 5.41) is 6.29. The van der Waals surface area contributed by atoms with E-state index in [2.05, 4.69) is 15.5 Å². The van der Waals surface area contributed by atoms with Gasteiger partial charge in [-0.1, -0.05) is 6.42 Å². The highest BCUT2D eigenvalue weighted by Crippen LogP contribution is 2.16. The van der Waals surface area contributed by atoms with E-state index in [1.807, 2.05) is 6.92 Å². The van der Waals surface area contributed by atoms with Crippen molar-refractivity contribution < 1.29 is 9.53 Å². The summed E-state index contributed by atoms with van der Waals surface area (Å²) in [6, 6.07) is 0.569. The Labute approximate surface area is 117 Å². The van der Waals surface area contributed by atoms with Crippen molar-refractivity contribution in [1.29, 1.82) is 0 Å². The number of carbonyl (C=O) groups excluding carboxylic acids is 1. The van der Waals surface area contributed by atoms with Crippen molar-refractivity contribution >= 4 is 5.91 Å². The van der Waals surface area contributed by atoms with E-state index in [9.17, 15) is 4.79 Å². The second-order valence-electron chi connectivity index (χ2n) is 5.09. The van der Waals surface area contributed by atoms with Crippen molar-refractivity contribution in [2.24, 2.45) is 0 Å². The largest absolute Gasteiger partial charge is 0.383 e. The van der Waals surface area contributed by atoms with Crippen molar-refractivity contribution in [3.05, 3.63) is 0 Å². The standard InChI is InChI=1S/C14H29N3O2/c1-3-16-14(18)7-10-17-9-5-4-6-13(17)12-15-8-11-19-2/h13,15H,3-12H2,1-2H3,(H,16,18). The summed E-state index contributed by atoms with van der Waals surface area (Å²) in [6.07, 6.45) is 4.40. The van der Waals surface area contributed by atoms with Gasteiger partial charge in [-0.25, -0.2) is 0 Å². The molecule has 0 aliphatic carbocycles. The fraction of sp³-hybridized carbons (Fsp3) is 0.929. The van der Waals surface area contributed by atoms with Gasteiger partial charge in [-0.3, -0.25) is 9.69 Å². The van der Waals surface area contributed by atoms with E-state index in [4.69, 9.17) is 4.74 Å². The van der Waals surface area contributed by atoms with Crippen molar-refractivity contribution in [2.75, 3.05) is 46.4 Å². The average molecular weight is 271 g/mol. The molecule has 1 aliphatic heterocycles. The van der Waals surface area contributed by atoms with Gasteiger partial charge in [0.05, 0.1) is 6.61 Å². The third-order valence-corrected chi connectivity index (χ3v) is 3.61. The molecule has 0 spiro atoms. The Hall–Kier alpha value is -0.650. The zero-order valence-corrected chi connectivity index (χ0v) is 12.4. The summed E-state index contributed by atoms with van der Waals surface area (Å²) in [4.78, 5) is 14.0. The highest BCUT2D eigenvalue weighted by atomic mass is 16.5. The Morgan fingerprint density at radius 3 is 3.00 bits per heavy atom. The molecule has 112 valence electrons. The van der Waals surface area contributed by atoms with Crippen LogP contribution in [0, 0.1) is 0 Å². The minimum Gasteiger partial charge on any atom is -0.383 e. The molecule has 1 fully saturated rings. The first kappa shape index (κ1) is 16.4. The minimum atomic E-state index is 0.166. The van der Waals surface area contributed by atoms with E-state index in [0.29, 0.717) is 12.5 Å². The molecule has 1 aliphatic rings. The number of nitrogens with zero attached hydrogens (tertiary/aromatic N) is 1. The van der Waals surface area contributed by atoms with Crippen LogP contribution in [-0.4, -0.2) is 63.3 Å². The second kappa shape index (κ2) is 10.2. The second-order valence-corrected chi connectivity index (χ2v) is 5.09.